The van der Waals surface area contributed by atoms with Crippen LogP contribution in [0.4, 0.5) is 0 Å². The maximum atomic E-state index is 11.6. The zero-order valence-corrected chi connectivity index (χ0v) is 9.02. The zero-order valence-electron chi connectivity index (χ0n) is 9.02. The van der Waals surface area contributed by atoms with Gasteiger partial charge in [0.25, 0.3) is 5.91 Å². The van der Waals surface area contributed by atoms with Gasteiger partial charge in [0.2, 0.25) is 5.82 Å². The van der Waals surface area contributed by atoms with E-state index in [-0.39, 0.29) is 17.8 Å². The molecular weight excluding hydrogens is 212 g/mol. The zero-order chi connectivity index (χ0) is 11.5. The van der Waals surface area contributed by atoms with E-state index in [9.17, 15) is 9.59 Å². The number of nitrogens with one attached hydrogen (secondary N) is 2. The van der Waals surface area contributed by atoms with Gasteiger partial charge in [-0.05, 0) is 12.8 Å². The second-order valence-electron chi connectivity index (χ2n) is 3.75. The lowest BCUT2D eigenvalue weighted by molar-refractivity contribution is 0.0849. The molecule has 7 heteroatoms. The molecule has 1 unspecified atom stereocenters. The summed E-state index contributed by atoms with van der Waals surface area (Å²) >= 11 is 0. The second-order valence-corrected chi connectivity index (χ2v) is 3.75. The molecule has 16 heavy (non-hydrogen) atoms. The van der Waals surface area contributed by atoms with Gasteiger partial charge < -0.3 is 10.1 Å². The van der Waals surface area contributed by atoms with E-state index in [0.717, 1.165) is 24.1 Å². The van der Waals surface area contributed by atoms with Crippen LogP contribution in [0.3, 0.4) is 0 Å². The standard InChI is InChI=1S/C9H14N4O3/c1-13-9(15)11-7(12-13)8(14)10-5-6-3-2-4-16-6/h6H,2-5H2,1H3,(H,10,14)(H,11,12,15). The van der Waals surface area contributed by atoms with Crippen LogP contribution >= 0.6 is 0 Å². The summed E-state index contributed by atoms with van der Waals surface area (Å²) < 4.78 is 6.44. The van der Waals surface area contributed by atoms with Crippen LogP contribution in [0.15, 0.2) is 4.79 Å². The summed E-state index contributed by atoms with van der Waals surface area (Å²) in [5.41, 5.74) is -0.401. The predicted octanol–water partition coefficient (Wildman–Crippen LogP) is -0.983. The maximum absolute atomic E-state index is 11.6. The number of rotatable bonds is 3. The van der Waals surface area contributed by atoms with Gasteiger partial charge in [0, 0.05) is 20.2 Å². The Labute approximate surface area is 91.8 Å². The number of hydrogen-bond donors (Lipinski definition) is 2. The fraction of sp³-hybridized carbons (Fsp3) is 0.667. The number of aryl methyl sites for hydroxylation is 1. The molecule has 1 aromatic rings. The Hall–Kier alpha value is -1.63. The number of amides is 1. The first-order valence-electron chi connectivity index (χ1n) is 5.20. The molecular formula is C9H14N4O3. The van der Waals surface area contributed by atoms with Gasteiger partial charge in [0.05, 0.1) is 6.10 Å². The van der Waals surface area contributed by atoms with Crippen molar-refractivity contribution in [1.29, 1.82) is 0 Å². The molecule has 0 bridgehead atoms. The third-order valence-electron chi connectivity index (χ3n) is 2.50. The molecule has 2 heterocycles. The smallest absolute Gasteiger partial charge is 0.343 e. The van der Waals surface area contributed by atoms with Crippen LogP contribution in [-0.2, 0) is 11.8 Å². The molecule has 7 nitrogen and oxygen atoms in total. The average molecular weight is 226 g/mol. The molecule has 0 aromatic carbocycles. The van der Waals surface area contributed by atoms with E-state index in [1.54, 1.807) is 0 Å². The van der Waals surface area contributed by atoms with Gasteiger partial charge in [-0.2, -0.15) is 0 Å². The van der Waals surface area contributed by atoms with E-state index < -0.39 is 5.69 Å². The number of carbonyl (C=O) groups is 1. The Bertz CT molecular complexity index is 430. The monoisotopic (exact) mass is 226 g/mol. The first kappa shape index (κ1) is 10.9. The van der Waals surface area contributed by atoms with Crippen molar-refractivity contribution in [2.45, 2.75) is 18.9 Å². The van der Waals surface area contributed by atoms with Crippen molar-refractivity contribution < 1.29 is 9.53 Å². The van der Waals surface area contributed by atoms with Crippen LogP contribution in [0, 0.1) is 0 Å². The summed E-state index contributed by atoms with van der Waals surface area (Å²) in [6.07, 6.45) is 2.07. The molecule has 2 rings (SSSR count). The van der Waals surface area contributed by atoms with E-state index in [1.807, 2.05) is 0 Å². The first-order valence-corrected chi connectivity index (χ1v) is 5.20. The SMILES string of the molecule is Cn1nc(C(=O)NCC2CCCO2)[nH]c1=O. The highest BCUT2D eigenvalue weighted by Crippen LogP contribution is 2.10. The first-order chi connectivity index (χ1) is 7.66. The van der Waals surface area contributed by atoms with E-state index in [0.29, 0.717) is 6.54 Å². The Morgan fingerprint density at radius 3 is 3.12 bits per heavy atom. The van der Waals surface area contributed by atoms with Crippen molar-refractivity contribution in [2.24, 2.45) is 7.05 Å². The molecule has 1 saturated heterocycles. The van der Waals surface area contributed by atoms with Gasteiger partial charge in [-0.3, -0.25) is 9.78 Å². The minimum absolute atomic E-state index is 0.0329. The number of carbonyl (C=O) groups excluding carboxylic acids is 1. The van der Waals surface area contributed by atoms with Crippen molar-refractivity contribution in [2.75, 3.05) is 13.2 Å². The molecule has 1 atom stereocenters. The van der Waals surface area contributed by atoms with Crippen molar-refractivity contribution in [3.05, 3.63) is 16.3 Å². The Kier molecular flexibility index (Phi) is 3.04. The fourth-order valence-electron chi connectivity index (χ4n) is 1.60. The normalized spacial score (nSPS) is 19.9. The number of ether oxygens (including phenoxy) is 1. The number of hydrogen-bond acceptors (Lipinski definition) is 4. The van der Waals surface area contributed by atoms with Gasteiger partial charge >= 0.3 is 5.69 Å². The maximum Gasteiger partial charge on any atom is 0.343 e. The van der Waals surface area contributed by atoms with E-state index >= 15 is 0 Å². The lowest BCUT2D eigenvalue weighted by atomic mass is 10.2. The molecule has 1 aliphatic rings. The van der Waals surface area contributed by atoms with E-state index in [2.05, 4.69) is 15.4 Å². The lowest BCUT2D eigenvalue weighted by Gasteiger charge is -2.09. The van der Waals surface area contributed by atoms with Crippen molar-refractivity contribution in [1.82, 2.24) is 20.1 Å². The topological polar surface area (TPSA) is 89.0 Å². The molecule has 1 amide bonds. The highest BCUT2D eigenvalue weighted by Gasteiger charge is 2.18. The number of H-pyrrole nitrogens is 1. The minimum Gasteiger partial charge on any atom is -0.376 e. The highest BCUT2D eigenvalue weighted by molar-refractivity contribution is 5.90. The van der Waals surface area contributed by atoms with Gasteiger partial charge in [0.1, 0.15) is 0 Å². The van der Waals surface area contributed by atoms with Crippen molar-refractivity contribution in [3.8, 4) is 0 Å². The number of nitrogens with zero attached hydrogens (tertiary/aromatic N) is 2. The summed E-state index contributed by atoms with van der Waals surface area (Å²) in [6, 6.07) is 0. The molecule has 0 saturated carbocycles. The molecule has 1 aliphatic heterocycles. The van der Waals surface area contributed by atoms with Gasteiger partial charge in [-0.25, -0.2) is 9.48 Å². The van der Waals surface area contributed by atoms with E-state index in [1.165, 1.54) is 7.05 Å². The van der Waals surface area contributed by atoms with Gasteiger partial charge in [-0.15, -0.1) is 5.10 Å². The Balaban J connectivity index is 1.90. The summed E-state index contributed by atoms with van der Waals surface area (Å²) in [7, 11) is 1.48. The summed E-state index contributed by atoms with van der Waals surface area (Å²) in [6.45, 7) is 1.21. The van der Waals surface area contributed by atoms with Gasteiger partial charge in [0.15, 0.2) is 0 Å². The highest BCUT2D eigenvalue weighted by atomic mass is 16.5. The molecule has 0 aliphatic carbocycles. The molecule has 1 aromatic heterocycles. The number of aromatic nitrogens is 3. The lowest BCUT2D eigenvalue weighted by Crippen LogP contribution is -2.32. The largest absolute Gasteiger partial charge is 0.376 e. The number of aromatic amines is 1. The molecule has 0 radical (unpaired) electrons. The summed E-state index contributed by atoms with van der Waals surface area (Å²) in [5, 5.41) is 6.42. The van der Waals surface area contributed by atoms with Crippen LogP contribution in [0.5, 0.6) is 0 Å². The van der Waals surface area contributed by atoms with Crippen molar-refractivity contribution in [3.63, 3.8) is 0 Å². The summed E-state index contributed by atoms with van der Waals surface area (Å²) in [4.78, 5) is 25.0. The third-order valence-corrected chi connectivity index (χ3v) is 2.50. The van der Waals surface area contributed by atoms with Gasteiger partial charge in [-0.1, -0.05) is 0 Å². The average Bonchev–Trinajstić information content (AvgIpc) is 2.86. The Morgan fingerprint density at radius 2 is 2.56 bits per heavy atom. The fourth-order valence-corrected chi connectivity index (χ4v) is 1.60. The molecule has 2 N–H and O–H groups in total. The predicted molar refractivity (Wildman–Crippen MR) is 55.1 cm³/mol. The molecule has 0 spiro atoms. The molecule has 88 valence electrons. The van der Waals surface area contributed by atoms with Crippen LogP contribution in [0.1, 0.15) is 23.5 Å². The summed E-state index contributed by atoms with van der Waals surface area (Å²) in [5.74, 6) is -0.348. The second kappa shape index (κ2) is 4.48. The van der Waals surface area contributed by atoms with Crippen LogP contribution in [0.2, 0.25) is 0 Å². The molecule has 1 fully saturated rings. The minimum atomic E-state index is -0.401. The quantitative estimate of drug-likeness (QED) is 0.693. The Morgan fingerprint density at radius 1 is 1.75 bits per heavy atom. The van der Waals surface area contributed by atoms with Crippen LogP contribution < -0.4 is 11.0 Å². The van der Waals surface area contributed by atoms with Crippen LogP contribution in [-0.4, -0.2) is 39.9 Å². The van der Waals surface area contributed by atoms with Crippen molar-refractivity contribution >= 4 is 5.91 Å². The van der Waals surface area contributed by atoms with E-state index in [4.69, 9.17) is 4.74 Å². The van der Waals surface area contributed by atoms with Crippen LogP contribution in [0.25, 0.3) is 0 Å². The third kappa shape index (κ3) is 2.30.